The van der Waals surface area contributed by atoms with E-state index in [4.69, 9.17) is 0 Å². The van der Waals surface area contributed by atoms with Crippen LogP contribution in [-0.4, -0.2) is 26.5 Å². The zero-order valence-corrected chi connectivity index (χ0v) is 10.00. The highest BCUT2D eigenvalue weighted by Crippen LogP contribution is 2.30. The molecular formula is C12H9FN4O2. The number of halogens is 1. The molecule has 0 atom stereocenters. The second-order valence-electron chi connectivity index (χ2n) is 4.24. The topological polar surface area (TPSA) is 68.1 Å². The third-order valence-corrected chi connectivity index (χ3v) is 3.04. The van der Waals surface area contributed by atoms with E-state index in [1.165, 1.54) is 23.4 Å². The lowest BCUT2D eigenvalue weighted by Gasteiger charge is -2.15. The summed E-state index contributed by atoms with van der Waals surface area (Å²) in [6, 6.07) is 3.71. The van der Waals surface area contributed by atoms with Crippen LogP contribution in [0.4, 0.5) is 10.1 Å². The molecule has 0 N–H and O–H groups in total. The van der Waals surface area contributed by atoms with Gasteiger partial charge in [0.05, 0.1) is 17.8 Å². The summed E-state index contributed by atoms with van der Waals surface area (Å²) in [4.78, 5) is 25.0. The van der Waals surface area contributed by atoms with Crippen LogP contribution >= 0.6 is 0 Å². The molecule has 1 aromatic carbocycles. The van der Waals surface area contributed by atoms with Gasteiger partial charge in [0, 0.05) is 7.05 Å². The molecule has 6 nitrogen and oxygen atoms in total. The highest BCUT2D eigenvalue weighted by Gasteiger charge is 2.36. The van der Waals surface area contributed by atoms with Crippen LogP contribution in [0.5, 0.6) is 0 Å². The largest absolute Gasteiger partial charge is 0.319 e. The molecule has 0 saturated heterocycles. The van der Waals surface area contributed by atoms with Crippen LogP contribution in [0.3, 0.4) is 0 Å². The van der Waals surface area contributed by atoms with Crippen LogP contribution in [-0.2, 0) is 18.4 Å². The summed E-state index contributed by atoms with van der Waals surface area (Å²) in [5, 5.41) is 7.57. The lowest BCUT2D eigenvalue weighted by atomic mass is 10.1. The highest BCUT2D eigenvalue weighted by molar-refractivity contribution is 6.52. The summed E-state index contributed by atoms with van der Waals surface area (Å²) in [6.07, 6.45) is 1.50. The lowest BCUT2D eigenvalue weighted by molar-refractivity contribution is -0.114. The first-order valence-electron chi connectivity index (χ1n) is 5.56. The second kappa shape index (κ2) is 3.98. The predicted octanol–water partition coefficient (Wildman–Crippen LogP) is 0.684. The summed E-state index contributed by atoms with van der Waals surface area (Å²) in [7, 11) is 1.74. The Kier molecular flexibility index (Phi) is 2.41. The van der Waals surface area contributed by atoms with E-state index in [2.05, 4.69) is 10.2 Å². The van der Waals surface area contributed by atoms with Crippen molar-refractivity contribution in [3.8, 4) is 0 Å². The molecule has 0 unspecified atom stereocenters. The maximum Gasteiger partial charge on any atom is 0.299 e. The van der Waals surface area contributed by atoms with Gasteiger partial charge in [0.15, 0.2) is 5.82 Å². The number of anilines is 1. The summed E-state index contributed by atoms with van der Waals surface area (Å²) in [6.45, 7) is 0.125. The van der Waals surface area contributed by atoms with E-state index in [9.17, 15) is 14.0 Å². The Balaban J connectivity index is 2.02. The molecule has 96 valence electrons. The highest BCUT2D eigenvalue weighted by atomic mass is 19.1. The first-order chi connectivity index (χ1) is 9.08. The van der Waals surface area contributed by atoms with Crippen molar-refractivity contribution in [2.45, 2.75) is 6.54 Å². The van der Waals surface area contributed by atoms with Crippen molar-refractivity contribution in [2.75, 3.05) is 4.90 Å². The van der Waals surface area contributed by atoms with Crippen LogP contribution < -0.4 is 4.90 Å². The average Bonchev–Trinajstić information content (AvgIpc) is 2.88. The van der Waals surface area contributed by atoms with Gasteiger partial charge in [-0.2, -0.15) is 0 Å². The van der Waals surface area contributed by atoms with Crippen LogP contribution in [0.15, 0.2) is 24.5 Å². The molecule has 1 aromatic heterocycles. The number of amides is 1. The number of ketones is 1. The van der Waals surface area contributed by atoms with E-state index in [0.717, 1.165) is 6.07 Å². The fourth-order valence-electron chi connectivity index (χ4n) is 2.02. The minimum Gasteiger partial charge on any atom is -0.319 e. The van der Waals surface area contributed by atoms with Crippen molar-refractivity contribution in [1.82, 2.24) is 14.8 Å². The number of carbonyl (C=O) groups is 2. The Hall–Kier alpha value is -2.57. The van der Waals surface area contributed by atoms with Gasteiger partial charge in [0.2, 0.25) is 0 Å². The molecule has 2 heterocycles. The Morgan fingerprint density at radius 2 is 2.11 bits per heavy atom. The van der Waals surface area contributed by atoms with Crippen molar-refractivity contribution in [3.05, 3.63) is 41.7 Å². The maximum atomic E-state index is 13.1. The molecule has 0 bridgehead atoms. The Labute approximate surface area is 107 Å². The first kappa shape index (κ1) is 11.5. The van der Waals surface area contributed by atoms with Crippen molar-refractivity contribution < 1.29 is 14.0 Å². The summed E-state index contributed by atoms with van der Waals surface area (Å²) < 4.78 is 14.8. The summed E-state index contributed by atoms with van der Waals surface area (Å²) >= 11 is 0. The van der Waals surface area contributed by atoms with Crippen molar-refractivity contribution in [3.63, 3.8) is 0 Å². The zero-order chi connectivity index (χ0) is 13.6. The second-order valence-corrected chi connectivity index (χ2v) is 4.24. The summed E-state index contributed by atoms with van der Waals surface area (Å²) in [5.74, 6) is -1.38. The normalized spacial score (nSPS) is 14.1. The molecule has 0 aliphatic carbocycles. The number of Topliss-reactive ketones (excluding diaryl/α,β-unsaturated/α-hetero) is 1. The molecule has 2 aromatic rings. The lowest BCUT2D eigenvalue weighted by Crippen LogP contribution is -2.30. The molecule has 0 spiro atoms. The van der Waals surface area contributed by atoms with Crippen LogP contribution in [0.1, 0.15) is 16.2 Å². The molecular weight excluding hydrogens is 251 g/mol. The number of aromatic nitrogens is 3. The van der Waals surface area contributed by atoms with Gasteiger partial charge >= 0.3 is 0 Å². The number of nitrogens with zero attached hydrogens (tertiary/aromatic N) is 4. The van der Waals surface area contributed by atoms with Crippen molar-refractivity contribution in [2.24, 2.45) is 7.05 Å². The monoisotopic (exact) mass is 260 g/mol. The molecule has 19 heavy (non-hydrogen) atoms. The molecule has 1 aliphatic rings. The SMILES string of the molecule is Cn1cnnc1CN1C(=O)C(=O)c2cc(F)ccc21. The van der Waals surface area contributed by atoms with Gasteiger partial charge in [0.1, 0.15) is 12.1 Å². The third kappa shape index (κ3) is 1.70. The van der Waals surface area contributed by atoms with E-state index in [-0.39, 0.29) is 12.1 Å². The molecule has 3 rings (SSSR count). The maximum absolute atomic E-state index is 13.1. The fourth-order valence-corrected chi connectivity index (χ4v) is 2.02. The van der Waals surface area contributed by atoms with Gasteiger partial charge in [-0.3, -0.25) is 14.5 Å². The average molecular weight is 260 g/mol. The molecule has 7 heteroatoms. The van der Waals surface area contributed by atoms with Crippen molar-refractivity contribution >= 4 is 17.4 Å². The number of hydrogen-bond acceptors (Lipinski definition) is 4. The van der Waals surface area contributed by atoms with Crippen LogP contribution in [0.25, 0.3) is 0 Å². The predicted molar refractivity (Wildman–Crippen MR) is 62.9 cm³/mol. The molecule has 0 fully saturated rings. The van der Waals surface area contributed by atoms with Gasteiger partial charge in [-0.15, -0.1) is 10.2 Å². The number of carbonyl (C=O) groups excluding carboxylic acids is 2. The van der Waals surface area contributed by atoms with E-state index < -0.39 is 17.5 Å². The summed E-state index contributed by atoms with van der Waals surface area (Å²) in [5.41, 5.74) is 0.492. The van der Waals surface area contributed by atoms with E-state index in [1.807, 2.05) is 0 Å². The van der Waals surface area contributed by atoms with Gasteiger partial charge in [-0.05, 0) is 18.2 Å². The van der Waals surface area contributed by atoms with Gasteiger partial charge in [0.25, 0.3) is 11.7 Å². The van der Waals surface area contributed by atoms with E-state index >= 15 is 0 Å². The Morgan fingerprint density at radius 1 is 1.32 bits per heavy atom. The van der Waals surface area contributed by atoms with E-state index in [0.29, 0.717) is 11.5 Å². The number of rotatable bonds is 2. The van der Waals surface area contributed by atoms with Gasteiger partial charge in [-0.25, -0.2) is 4.39 Å². The number of benzene rings is 1. The molecule has 0 radical (unpaired) electrons. The number of hydrogen-bond donors (Lipinski definition) is 0. The Bertz CT molecular complexity index is 695. The van der Waals surface area contributed by atoms with Gasteiger partial charge in [-0.1, -0.05) is 0 Å². The van der Waals surface area contributed by atoms with Gasteiger partial charge < -0.3 is 4.57 Å². The van der Waals surface area contributed by atoms with Crippen LogP contribution in [0, 0.1) is 5.82 Å². The molecule has 1 amide bonds. The van der Waals surface area contributed by atoms with Crippen molar-refractivity contribution in [1.29, 1.82) is 0 Å². The quantitative estimate of drug-likeness (QED) is 0.745. The first-order valence-corrected chi connectivity index (χ1v) is 5.56. The van der Waals surface area contributed by atoms with Crippen LogP contribution in [0.2, 0.25) is 0 Å². The smallest absolute Gasteiger partial charge is 0.299 e. The van der Waals surface area contributed by atoms with E-state index in [1.54, 1.807) is 11.6 Å². The minimum absolute atomic E-state index is 0.0900. The Morgan fingerprint density at radius 3 is 2.79 bits per heavy atom. The molecule has 1 aliphatic heterocycles. The fraction of sp³-hybridized carbons (Fsp3) is 0.167. The number of aryl methyl sites for hydroxylation is 1. The zero-order valence-electron chi connectivity index (χ0n) is 10.00. The molecule has 0 saturated carbocycles. The number of fused-ring (bicyclic) bond motifs is 1. The minimum atomic E-state index is -0.698. The third-order valence-electron chi connectivity index (χ3n) is 3.04. The standard InChI is InChI=1S/C12H9FN4O2/c1-16-6-14-15-10(16)5-17-9-3-2-7(13)4-8(9)11(18)12(17)19/h2-4,6H,5H2,1H3.